The Morgan fingerprint density at radius 1 is 1.10 bits per heavy atom. The summed E-state index contributed by atoms with van der Waals surface area (Å²) >= 11 is 0. The lowest BCUT2D eigenvalue weighted by molar-refractivity contribution is 0.00739. The molecule has 2 fully saturated rings. The minimum absolute atomic E-state index is 0. The topological polar surface area (TPSA) is 63.6 Å². The van der Waals surface area contributed by atoms with Gasteiger partial charge in [-0.05, 0) is 18.1 Å². The summed E-state index contributed by atoms with van der Waals surface area (Å²) in [5.41, 5.74) is 0.914. The quantitative estimate of drug-likeness (QED) is 0.355. The average Bonchev–Trinajstić information content (AvgIpc) is 2.72. The van der Waals surface area contributed by atoms with E-state index in [2.05, 4.69) is 38.9 Å². The zero-order valence-electron chi connectivity index (χ0n) is 17.9. The second-order valence-corrected chi connectivity index (χ2v) is 7.85. The molecule has 0 spiro atoms. The van der Waals surface area contributed by atoms with E-state index in [1.165, 1.54) is 0 Å². The monoisotopic (exact) mass is 517 g/mol. The lowest BCUT2D eigenvalue weighted by Gasteiger charge is -2.40. The number of aliphatic imine (C=N–C) groups is 1. The van der Waals surface area contributed by atoms with Crippen molar-refractivity contribution in [3.8, 4) is 5.75 Å². The first-order valence-corrected chi connectivity index (χ1v) is 10.4. The fourth-order valence-corrected chi connectivity index (χ4v) is 4.11. The molecule has 2 heterocycles. The Morgan fingerprint density at radius 3 is 2.34 bits per heavy atom. The molecule has 7 nitrogen and oxygen atoms in total. The van der Waals surface area contributed by atoms with E-state index in [4.69, 9.17) is 4.74 Å². The Bertz CT molecular complexity index is 644. The largest absolute Gasteiger partial charge is 0.506 e. The van der Waals surface area contributed by atoms with Crippen molar-refractivity contribution in [3.05, 3.63) is 24.3 Å². The summed E-state index contributed by atoms with van der Waals surface area (Å²) in [4.78, 5) is 11.6. The number of para-hydroxylation sites is 2. The summed E-state index contributed by atoms with van der Waals surface area (Å²) < 4.78 is 5.51. The van der Waals surface area contributed by atoms with Crippen LogP contribution in [0.2, 0.25) is 0 Å². The van der Waals surface area contributed by atoms with Crippen molar-refractivity contribution in [2.24, 2.45) is 10.9 Å². The highest BCUT2D eigenvalue weighted by Crippen LogP contribution is 2.27. The predicted molar refractivity (Wildman–Crippen MR) is 130 cm³/mol. The van der Waals surface area contributed by atoms with Crippen LogP contribution < -0.4 is 10.2 Å². The Kier molecular flexibility index (Phi) is 9.78. The van der Waals surface area contributed by atoms with E-state index < -0.39 is 0 Å². The molecule has 1 atom stereocenters. The number of aromatic hydroxyl groups is 1. The van der Waals surface area contributed by atoms with Crippen LogP contribution in [-0.2, 0) is 4.74 Å². The fourth-order valence-electron chi connectivity index (χ4n) is 4.11. The van der Waals surface area contributed by atoms with Crippen LogP contribution in [0.15, 0.2) is 29.3 Å². The van der Waals surface area contributed by atoms with Gasteiger partial charge in [-0.2, -0.15) is 0 Å². The smallest absolute Gasteiger partial charge is 0.193 e. The number of phenols is 1. The third-order valence-electron chi connectivity index (χ3n) is 5.77. The summed E-state index contributed by atoms with van der Waals surface area (Å²) in [5, 5.41) is 13.7. The van der Waals surface area contributed by atoms with Gasteiger partial charge >= 0.3 is 0 Å². The molecule has 2 saturated heterocycles. The van der Waals surface area contributed by atoms with Gasteiger partial charge in [-0.1, -0.05) is 26.0 Å². The molecule has 2 N–H and O–H groups in total. The van der Waals surface area contributed by atoms with Gasteiger partial charge in [-0.3, -0.25) is 9.89 Å². The molecule has 1 aromatic rings. The van der Waals surface area contributed by atoms with Gasteiger partial charge in [0.2, 0.25) is 0 Å². The van der Waals surface area contributed by atoms with Gasteiger partial charge in [0.25, 0.3) is 0 Å². The summed E-state index contributed by atoms with van der Waals surface area (Å²) in [6.07, 6.45) is 0. The third-order valence-corrected chi connectivity index (χ3v) is 5.77. The van der Waals surface area contributed by atoms with Crippen LogP contribution in [0.5, 0.6) is 5.75 Å². The van der Waals surface area contributed by atoms with Crippen LogP contribution in [0.1, 0.15) is 13.8 Å². The number of hydrogen-bond donors (Lipinski definition) is 2. The van der Waals surface area contributed by atoms with Crippen molar-refractivity contribution >= 4 is 35.6 Å². The highest BCUT2D eigenvalue weighted by atomic mass is 127. The number of halogens is 1. The molecule has 3 rings (SSSR count). The first kappa shape index (κ1) is 24.0. The molecule has 1 unspecified atom stereocenters. The molecular weight excluding hydrogens is 481 g/mol. The number of guanidine groups is 1. The molecule has 0 bridgehead atoms. The number of morpholine rings is 1. The molecule has 0 amide bonds. The number of ether oxygens (including phenoxy) is 1. The third kappa shape index (κ3) is 6.36. The van der Waals surface area contributed by atoms with Crippen LogP contribution in [0.3, 0.4) is 0 Å². The molecule has 2 aliphatic rings. The van der Waals surface area contributed by atoms with Crippen molar-refractivity contribution in [2.45, 2.75) is 19.9 Å². The zero-order valence-corrected chi connectivity index (χ0v) is 20.2. The number of nitrogens with zero attached hydrogens (tertiary/aromatic N) is 4. The van der Waals surface area contributed by atoms with E-state index in [9.17, 15) is 5.11 Å². The summed E-state index contributed by atoms with van der Waals surface area (Å²) in [5.74, 6) is 1.89. The number of piperazine rings is 1. The first-order valence-electron chi connectivity index (χ1n) is 10.4. The van der Waals surface area contributed by atoms with Crippen LogP contribution in [0.25, 0.3) is 0 Å². The maximum atomic E-state index is 10.1. The predicted octanol–water partition coefficient (Wildman–Crippen LogP) is 2.06. The summed E-state index contributed by atoms with van der Waals surface area (Å²) in [6, 6.07) is 8.04. The standard InChI is InChI=1S/C21H35N5O2.HI/c1-17(2)19(25-12-14-28-15-13-25)16-23-21(22-3)26-10-8-24(9-11-26)18-6-4-5-7-20(18)27;/h4-7,17,19,27H,8-16H2,1-3H3,(H,22,23);1H. The molecule has 0 aliphatic carbocycles. The van der Waals surface area contributed by atoms with Gasteiger partial charge < -0.3 is 25.0 Å². The maximum Gasteiger partial charge on any atom is 0.193 e. The Labute approximate surface area is 192 Å². The molecule has 0 saturated carbocycles. The van der Waals surface area contributed by atoms with Crippen molar-refractivity contribution in [3.63, 3.8) is 0 Å². The van der Waals surface area contributed by atoms with Crippen molar-refractivity contribution < 1.29 is 9.84 Å². The van der Waals surface area contributed by atoms with E-state index in [0.29, 0.717) is 17.7 Å². The lowest BCUT2D eigenvalue weighted by atomic mass is 10.0. The van der Waals surface area contributed by atoms with Crippen LogP contribution in [0.4, 0.5) is 5.69 Å². The van der Waals surface area contributed by atoms with E-state index >= 15 is 0 Å². The average molecular weight is 517 g/mol. The zero-order chi connectivity index (χ0) is 19.9. The van der Waals surface area contributed by atoms with Gasteiger partial charge in [-0.25, -0.2) is 0 Å². The number of phenolic OH excluding ortho intramolecular Hbond substituents is 1. The SMILES string of the molecule is CN=C(NCC(C(C)C)N1CCOCC1)N1CCN(c2ccccc2O)CC1.I. The van der Waals surface area contributed by atoms with Crippen LogP contribution in [-0.4, -0.2) is 93.0 Å². The molecule has 0 radical (unpaired) electrons. The number of benzene rings is 1. The molecule has 0 aromatic heterocycles. The second-order valence-electron chi connectivity index (χ2n) is 7.85. The highest BCUT2D eigenvalue weighted by molar-refractivity contribution is 14.0. The van der Waals surface area contributed by atoms with Gasteiger partial charge in [0.1, 0.15) is 5.75 Å². The van der Waals surface area contributed by atoms with Crippen molar-refractivity contribution in [2.75, 3.05) is 71.0 Å². The van der Waals surface area contributed by atoms with E-state index in [1.54, 1.807) is 6.07 Å². The minimum Gasteiger partial charge on any atom is -0.506 e. The van der Waals surface area contributed by atoms with E-state index in [-0.39, 0.29) is 24.0 Å². The minimum atomic E-state index is 0. The van der Waals surface area contributed by atoms with Gasteiger partial charge in [0.05, 0.1) is 18.9 Å². The molecular formula is C21H36IN5O2. The van der Waals surface area contributed by atoms with Crippen molar-refractivity contribution in [1.82, 2.24) is 15.1 Å². The second kappa shape index (κ2) is 11.8. The number of anilines is 1. The van der Waals surface area contributed by atoms with E-state index in [1.807, 2.05) is 25.2 Å². The summed E-state index contributed by atoms with van der Waals surface area (Å²) in [7, 11) is 1.86. The van der Waals surface area contributed by atoms with Gasteiger partial charge in [0, 0.05) is 58.9 Å². The number of rotatable bonds is 5. The Hall–Kier alpha value is -1.26. The normalized spacial score (nSPS) is 19.8. The van der Waals surface area contributed by atoms with Crippen LogP contribution >= 0.6 is 24.0 Å². The highest BCUT2D eigenvalue weighted by Gasteiger charge is 2.26. The molecule has 29 heavy (non-hydrogen) atoms. The van der Waals surface area contributed by atoms with Gasteiger partial charge in [0.15, 0.2) is 5.96 Å². The number of nitrogens with one attached hydrogen (secondary N) is 1. The first-order chi connectivity index (χ1) is 13.6. The molecule has 1 aromatic carbocycles. The van der Waals surface area contributed by atoms with Crippen LogP contribution in [0, 0.1) is 5.92 Å². The van der Waals surface area contributed by atoms with Gasteiger partial charge in [-0.15, -0.1) is 24.0 Å². The molecule has 8 heteroatoms. The lowest BCUT2D eigenvalue weighted by Crippen LogP contribution is -2.56. The molecule has 2 aliphatic heterocycles. The number of hydrogen-bond acceptors (Lipinski definition) is 5. The summed E-state index contributed by atoms with van der Waals surface area (Å²) in [6.45, 7) is 12.6. The Morgan fingerprint density at radius 2 is 1.76 bits per heavy atom. The maximum absolute atomic E-state index is 10.1. The Balaban J connectivity index is 0.00000300. The molecule has 164 valence electrons. The van der Waals surface area contributed by atoms with E-state index in [0.717, 1.165) is 70.7 Å². The fraction of sp³-hybridized carbons (Fsp3) is 0.667. The van der Waals surface area contributed by atoms with Crippen molar-refractivity contribution in [1.29, 1.82) is 0 Å².